The molecule has 0 aliphatic carbocycles. The molecule has 0 aromatic heterocycles. The van der Waals surface area contributed by atoms with Gasteiger partial charge in [-0.3, -0.25) is 9.69 Å². The highest BCUT2D eigenvalue weighted by molar-refractivity contribution is 9.10. The van der Waals surface area contributed by atoms with Gasteiger partial charge in [0.1, 0.15) is 0 Å². The predicted molar refractivity (Wildman–Crippen MR) is 82.5 cm³/mol. The summed E-state index contributed by atoms with van der Waals surface area (Å²) in [7, 11) is 0. The van der Waals surface area contributed by atoms with Crippen LogP contribution in [0.1, 0.15) is 43.0 Å². The molecule has 19 heavy (non-hydrogen) atoms. The summed E-state index contributed by atoms with van der Waals surface area (Å²) in [5, 5.41) is 0. The standard InChI is InChI=1S/C16H22BrNO/c1-2-3-13-8-10-18(11-9-13)12-16(19)14-4-6-15(17)7-5-14/h4-7,13H,2-3,8-12H2,1H3. The van der Waals surface area contributed by atoms with Crippen LogP contribution in [0.25, 0.3) is 0 Å². The van der Waals surface area contributed by atoms with Crippen molar-refractivity contribution in [3.63, 3.8) is 0 Å². The van der Waals surface area contributed by atoms with E-state index in [2.05, 4.69) is 27.8 Å². The lowest BCUT2D eigenvalue weighted by Crippen LogP contribution is -2.37. The summed E-state index contributed by atoms with van der Waals surface area (Å²) < 4.78 is 1.02. The SMILES string of the molecule is CCCC1CCN(CC(=O)c2ccc(Br)cc2)CC1. The monoisotopic (exact) mass is 323 g/mol. The van der Waals surface area contributed by atoms with E-state index >= 15 is 0 Å². The van der Waals surface area contributed by atoms with Gasteiger partial charge in [0.15, 0.2) is 5.78 Å². The second-order valence-electron chi connectivity index (χ2n) is 5.44. The Kier molecular flexibility index (Phi) is 5.59. The summed E-state index contributed by atoms with van der Waals surface area (Å²) in [6, 6.07) is 7.66. The van der Waals surface area contributed by atoms with Gasteiger partial charge in [-0.15, -0.1) is 0 Å². The Labute approximate surface area is 124 Å². The third kappa shape index (κ3) is 4.43. The highest BCUT2D eigenvalue weighted by atomic mass is 79.9. The number of Topliss-reactive ketones (excluding diaryl/α,β-unsaturated/α-hetero) is 1. The Morgan fingerprint density at radius 3 is 2.47 bits per heavy atom. The fourth-order valence-corrected chi connectivity index (χ4v) is 3.04. The molecule has 0 unspecified atom stereocenters. The van der Waals surface area contributed by atoms with Gasteiger partial charge in [-0.2, -0.15) is 0 Å². The van der Waals surface area contributed by atoms with Crippen LogP contribution in [-0.2, 0) is 0 Å². The number of halogens is 1. The van der Waals surface area contributed by atoms with Crippen molar-refractivity contribution >= 4 is 21.7 Å². The largest absolute Gasteiger partial charge is 0.296 e. The zero-order valence-electron chi connectivity index (χ0n) is 11.6. The Hall–Kier alpha value is -0.670. The van der Waals surface area contributed by atoms with Crippen LogP contribution in [0, 0.1) is 5.92 Å². The van der Waals surface area contributed by atoms with Crippen molar-refractivity contribution in [2.75, 3.05) is 19.6 Å². The summed E-state index contributed by atoms with van der Waals surface area (Å²) in [5.74, 6) is 1.12. The third-order valence-corrected chi connectivity index (χ3v) is 4.47. The third-order valence-electron chi connectivity index (χ3n) is 3.94. The second-order valence-corrected chi connectivity index (χ2v) is 6.35. The molecular weight excluding hydrogens is 302 g/mol. The van der Waals surface area contributed by atoms with Crippen LogP contribution >= 0.6 is 15.9 Å². The van der Waals surface area contributed by atoms with E-state index in [0.29, 0.717) is 6.54 Å². The van der Waals surface area contributed by atoms with Gasteiger partial charge in [0, 0.05) is 10.0 Å². The molecule has 0 radical (unpaired) electrons. The van der Waals surface area contributed by atoms with Crippen LogP contribution in [0.15, 0.2) is 28.7 Å². The maximum atomic E-state index is 12.2. The van der Waals surface area contributed by atoms with Crippen molar-refractivity contribution in [1.82, 2.24) is 4.90 Å². The smallest absolute Gasteiger partial charge is 0.176 e. The zero-order chi connectivity index (χ0) is 13.7. The Morgan fingerprint density at radius 1 is 1.26 bits per heavy atom. The molecule has 1 aromatic rings. The Morgan fingerprint density at radius 2 is 1.89 bits per heavy atom. The van der Waals surface area contributed by atoms with Crippen LogP contribution in [0.3, 0.4) is 0 Å². The molecular formula is C16H22BrNO. The van der Waals surface area contributed by atoms with Crippen LogP contribution in [-0.4, -0.2) is 30.3 Å². The Bertz CT molecular complexity index is 407. The molecule has 1 aromatic carbocycles. The van der Waals surface area contributed by atoms with Gasteiger partial charge in [-0.1, -0.05) is 47.8 Å². The number of carbonyl (C=O) groups excluding carboxylic acids is 1. The molecule has 0 spiro atoms. The summed E-state index contributed by atoms with van der Waals surface area (Å²) in [4.78, 5) is 14.5. The predicted octanol–water partition coefficient (Wildman–Crippen LogP) is 4.14. The van der Waals surface area contributed by atoms with Gasteiger partial charge in [0.05, 0.1) is 6.54 Å². The molecule has 2 rings (SSSR count). The van der Waals surface area contributed by atoms with E-state index in [1.165, 1.54) is 25.7 Å². The summed E-state index contributed by atoms with van der Waals surface area (Å²) in [6.07, 6.45) is 5.12. The lowest BCUT2D eigenvalue weighted by molar-refractivity contribution is 0.0893. The van der Waals surface area contributed by atoms with Gasteiger partial charge < -0.3 is 0 Å². The first-order valence-electron chi connectivity index (χ1n) is 7.20. The van der Waals surface area contributed by atoms with E-state index in [9.17, 15) is 4.79 Å². The number of rotatable bonds is 5. The lowest BCUT2D eigenvalue weighted by atomic mass is 9.92. The maximum absolute atomic E-state index is 12.2. The maximum Gasteiger partial charge on any atom is 0.176 e. The number of ketones is 1. The summed E-state index contributed by atoms with van der Waals surface area (Å²) >= 11 is 3.39. The normalized spacial score (nSPS) is 17.6. The average Bonchev–Trinajstić information content (AvgIpc) is 2.42. The highest BCUT2D eigenvalue weighted by Gasteiger charge is 2.20. The number of hydrogen-bond acceptors (Lipinski definition) is 2. The average molecular weight is 324 g/mol. The molecule has 0 atom stereocenters. The van der Waals surface area contributed by atoms with Gasteiger partial charge in [0.25, 0.3) is 0 Å². The topological polar surface area (TPSA) is 20.3 Å². The van der Waals surface area contributed by atoms with Crippen molar-refractivity contribution in [2.45, 2.75) is 32.6 Å². The minimum atomic E-state index is 0.237. The quantitative estimate of drug-likeness (QED) is 0.759. The van der Waals surface area contributed by atoms with Crippen molar-refractivity contribution in [3.8, 4) is 0 Å². The highest BCUT2D eigenvalue weighted by Crippen LogP contribution is 2.21. The summed E-state index contributed by atoms with van der Waals surface area (Å²) in [5.41, 5.74) is 0.818. The second kappa shape index (κ2) is 7.20. The number of piperidine rings is 1. The molecule has 1 saturated heterocycles. The first kappa shape index (κ1) is 14.7. The fourth-order valence-electron chi connectivity index (χ4n) is 2.77. The molecule has 0 N–H and O–H groups in total. The first-order valence-corrected chi connectivity index (χ1v) is 7.99. The number of hydrogen-bond donors (Lipinski definition) is 0. The van der Waals surface area contributed by atoms with Crippen molar-refractivity contribution in [1.29, 1.82) is 0 Å². The number of benzene rings is 1. The molecule has 1 fully saturated rings. The van der Waals surface area contributed by atoms with Crippen molar-refractivity contribution < 1.29 is 4.79 Å². The van der Waals surface area contributed by atoms with E-state index in [1.807, 2.05) is 24.3 Å². The molecule has 104 valence electrons. The molecule has 1 aliphatic heterocycles. The molecule has 3 heteroatoms. The first-order chi connectivity index (χ1) is 9.19. The van der Waals surface area contributed by atoms with Gasteiger partial charge >= 0.3 is 0 Å². The van der Waals surface area contributed by atoms with E-state index in [-0.39, 0.29) is 5.78 Å². The number of nitrogens with zero attached hydrogens (tertiary/aromatic N) is 1. The zero-order valence-corrected chi connectivity index (χ0v) is 13.2. The van der Waals surface area contributed by atoms with Crippen LogP contribution in [0.4, 0.5) is 0 Å². The van der Waals surface area contributed by atoms with Crippen LogP contribution < -0.4 is 0 Å². The molecule has 0 amide bonds. The molecule has 1 aliphatic rings. The molecule has 1 heterocycles. The van der Waals surface area contributed by atoms with Crippen LogP contribution in [0.2, 0.25) is 0 Å². The van der Waals surface area contributed by atoms with E-state index in [0.717, 1.165) is 29.0 Å². The van der Waals surface area contributed by atoms with E-state index < -0.39 is 0 Å². The molecule has 0 bridgehead atoms. The van der Waals surface area contributed by atoms with Gasteiger partial charge in [-0.25, -0.2) is 0 Å². The number of carbonyl (C=O) groups is 1. The Balaban J connectivity index is 1.82. The van der Waals surface area contributed by atoms with Gasteiger partial charge in [-0.05, 0) is 44.0 Å². The van der Waals surface area contributed by atoms with Gasteiger partial charge in [0.2, 0.25) is 0 Å². The van der Waals surface area contributed by atoms with E-state index in [1.54, 1.807) is 0 Å². The minimum absolute atomic E-state index is 0.237. The lowest BCUT2D eigenvalue weighted by Gasteiger charge is -2.31. The van der Waals surface area contributed by atoms with E-state index in [4.69, 9.17) is 0 Å². The van der Waals surface area contributed by atoms with Crippen molar-refractivity contribution in [2.24, 2.45) is 5.92 Å². The molecule has 0 saturated carbocycles. The summed E-state index contributed by atoms with van der Waals surface area (Å²) in [6.45, 7) is 4.98. The fraction of sp³-hybridized carbons (Fsp3) is 0.562. The molecule has 2 nitrogen and oxygen atoms in total. The number of likely N-dealkylation sites (tertiary alicyclic amines) is 1. The van der Waals surface area contributed by atoms with Crippen molar-refractivity contribution in [3.05, 3.63) is 34.3 Å². The van der Waals surface area contributed by atoms with Crippen LogP contribution in [0.5, 0.6) is 0 Å². The minimum Gasteiger partial charge on any atom is -0.296 e.